The number of nitriles is 1. The summed E-state index contributed by atoms with van der Waals surface area (Å²) in [6.07, 6.45) is 1.38. The number of aromatic nitrogens is 1. The Balaban J connectivity index is 1.66. The minimum Gasteiger partial charge on any atom is -0.497 e. The summed E-state index contributed by atoms with van der Waals surface area (Å²) in [6.45, 7) is 2.17. The third-order valence-corrected chi connectivity index (χ3v) is 4.74. The number of aryl methyl sites for hydroxylation is 1. The Morgan fingerprint density at radius 1 is 1.12 bits per heavy atom. The molecule has 0 saturated carbocycles. The van der Waals surface area contributed by atoms with E-state index in [9.17, 15) is 10.1 Å². The summed E-state index contributed by atoms with van der Waals surface area (Å²) in [5.41, 5.74) is 0.326. The molecule has 1 heterocycles. The molecular formula is C24H22ClN3O6. The summed E-state index contributed by atoms with van der Waals surface area (Å²) in [5, 5.41) is 15.9. The van der Waals surface area contributed by atoms with E-state index in [1.807, 2.05) is 6.07 Å². The lowest BCUT2D eigenvalue weighted by Gasteiger charge is -2.14. The highest BCUT2D eigenvalue weighted by Gasteiger charge is 2.15. The van der Waals surface area contributed by atoms with Gasteiger partial charge in [0.05, 0.1) is 19.2 Å². The number of amides is 1. The fraction of sp³-hybridized carbons (Fsp3) is 0.208. The van der Waals surface area contributed by atoms with E-state index in [4.69, 9.17) is 35.1 Å². The molecule has 0 bridgehead atoms. The molecule has 10 heteroatoms. The fourth-order valence-corrected chi connectivity index (χ4v) is 3.14. The molecule has 0 saturated heterocycles. The Morgan fingerprint density at radius 2 is 1.82 bits per heavy atom. The van der Waals surface area contributed by atoms with E-state index in [0.29, 0.717) is 28.6 Å². The van der Waals surface area contributed by atoms with Gasteiger partial charge in [0.15, 0.2) is 17.3 Å². The SMILES string of the molecule is COc1ccc(OCCOc2c(Cl)cc(C=C(C#N)C(=O)Nc3cc(C)on3)cc2OC)cc1. The minimum atomic E-state index is -0.637. The van der Waals surface area contributed by atoms with E-state index in [1.54, 1.807) is 50.4 Å². The van der Waals surface area contributed by atoms with Gasteiger partial charge in [-0.3, -0.25) is 4.79 Å². The van der Waals surface area contributed by atoms with Gasteiger partial charge in [-0.05, 0) is 55.0 Å². The van der Waals surface area contributed by atoms with Crippen LogP contribution in [-0.4, -0.2) is 38.5 Å². The van der Waals surface area contributed by atoms with E-state index in [2.05, 4.69) is 10.5 Å². The molecule has 2 aromatic carbocycles. The number of benzene rings is 2. The summed E-state index contributed by atoms with van der Waals surface area (Å²) < 4.78 is 26.8. The second-order valence-electron chi connectivity index (χ2n) is 6.85. The number of ether oxygens (including phenoxy) is 4. The number of nitrogens with zero attached hydrogens (tertiary/aromatic N) is 2. The Hall–Kier alpha value is -4.16. The van der Waals surface area contributed by atoms with E-state index >= 15 is 0 Å². The first-order chi connectivity index (χ1) is 16.4. The van der Waals surface area contributed by atoms with Crippen LogP contribution >= 0.6 is 11.6 Å². The van der Waals surface area contributed by atoms with Crippen LogP contribution in [0.4, 0.5) is 5.82 Å². The smallest absolute Gasteiger partial charge is 0.267 e. The van der Waals surface area contributed by atoms with E-state index < -0.39 is 5.91 Å². The molecule has 1 amide bonds. The standard InChI is InChI=1S/C24H22ClN3O6/c1-15-10-22(28-34-15)27-24(29)17(14-26)11-16-12-20(25)23(21(13-16)31-3)33-9-8-32-19-6-4-18(30-2)5-7-19/h4-7,10-13H,8-9H2,1-3H3,(H,27,28,29). The number of rotatable bonds is 10. The van der Waals surface area contributed by atoms with Gasteiger partial charge in [0.25, 0.3) is 5.91 Å². The fourth-order valence-electron chi connectivity index (χ4n) is 2.86. The van der Waals surface area contributed by atoms with Gasteiger partial charge >= 0.3 is 0 Å². The van der Waals surface area contributed by atoms with Crippen LogP contribution in [0.25, 0.3) is 6.08 Å². The van der Waals surface area contributed by atoms with Crippen LogP contribution in [0.1, 0.15) is 11.3 Å². The molecule has 0 spiro atoms. The van der Waals surface area contributed by atoms with Crippen molar-refractivity contribution in [3.63, 3.8) is 0 Å². The molecule has 0 aliphatic rings. The highest BCUT2D eigenvalue weighted by Crippen LogP contribution is 2.37. The second-order valence-corrected chi connectivity index (χ2v) is 7.26. The minimum absolute atomic E-state index is 0.152. The summed E-state index contributed by atoms with van der Waals surface area (Å²) in [6, 6.07) is 13.8. The second kappa shape index (κ2) is 11.6. The first-order valence-electron chi connectivity index (χ1n) is 10.1. The summed E-state index contributed by atoms with van der Waals surface area (Å²) in [4.78, 5) is 12.4. The number of carbonyl (C=O) groups is 1. The van der Waals surface area contributed by atoms with Gasteiger partial charge in [-0.15, -0.1) is 0 Å². The van der Waals surface area contributed by atoms with Crippen molar-refractivity contribution in [1.82, 2.24) is 5.16 Å². The number of nitrogens with one attached hydrogen (secondary N) is 1. The van der Waals surface area contributed by atoms with E-state index in [0.717, 1.165) is 5.75 Å². The van der Waals surface area contributed by atoms with Gasteiger partial charge in [-0.2, -0.15) is 5.26 Å². The molecule has 0 radical (unpaired) electrons. The van der Waals surface area contributed by atoms with Crippen molar-refractivity contribution >= 4 is 29.4 Å². The number of carbonyl (C=O) groups excluding carboxylic acids is 1. The molecule has 0 aliphatic carbocycles. The van der Waals surface area contributed by atoms with Crippen molar-refractivity contribution in [2.45, 2.75) is 6.92 Å². The maximum absolute atomic E-state index is 12.4. The predicted octanol–water partition coefficient (Wildman–Crippen LogP) is 4.66. The predicted molar refractivity (Wildman–Crippen MR) is 125 cm³/mol. The Labute approximate surface area is 201 Å². The maximum Gasteiger partial charge on any atom is 0.267 e. The molecular weight excluding hydrogens is 462 g/mol. The lowest BCUT2D eigenvalue weighted by Crippen LogP contribution is -2.13. The molecule has 0 atom stereocenters. The largest absolute Gasteiger partial charge is 0.497 e. The molecule has 0 fully saturated rings. The molecule has 3 aromatic rings. The van der Waals surface area contributed by atoms with Gasteiger partial charge in [-0.25, -0.2) is 0 Å². The third kappa shape index (κ3) is 6.43. The van der Waals surface area contributed by atoms with Crippen LogP contribution in [0.3, 0.4) is 0 Å². The lowest BCUT2D eigenvalue weighted by atomic mass is 10.1. The van der Waals surface area contributed by atoms with Crippen LogP contribution in [0.2, 0.25) is 5.02 Å². The summed E-state index contributed by atoms with van der Waals surface area (Å²) in [5.74, 6) is 2.17. The monoisotopic (exact) mass is 483 g/mol. The van der Waals surface area contributed by atoms with Crippen molar-refractivity contribution in [1.29, 1.82) is 5.26 Å². The zero-order chi connectivity index (χ0) is 24.5. The van der Waals surface area contributed by atoms with Crippen LogP contribution < -0.4 is 24.3 Å². The zero-order valence-corrected chi connectivity index (χ0v) is 19.5. The first kappa shape index (κ1) is 24.5. The van der Waals surface area contributed by atoms with Crippen molar-refractivity contribution in [3.8, 4) is 29.1 Å². The average Bonchev–Trinajstić information content (AvgIpc) is 3.25. The number of methoxy groups -OCH3 is 2. The van der Waals surface area contributed by atoms with Crippen molar-refractivity contribution in [3.05, 3.63) is 64.4 Å². The highest BCUT2D eigenvalue weighted by molar-refractivity contribution is 6.32. The van der Waals surface area contributed by atoms with Gasteiger partial charge in [-0.1, -0.05) is 16.8 Å². The first-order valence-corrected chi connectivity index (χ1v) is 10.4. The van der Waals surface area contributed by atoms with Crippen LogP contribution in [-0.2, 0) is 4.79 Å². The Morgan fingerprint density at radius 3 is 2.44 bits per heavy atom. The summed E-state index contributed by atoms with van der Waals surface area (Å²) >= 11 is 6.39. The van der Waals surface area contributed by atoms with Gasteiger partial charge in [0, 0.05) is 6.07 Å². The third-order valence-electron chi connectivity index (χ3n) is 4.46. The van der Waals surface area contributed by atoms with Crippen molar-refractivity contribution in [2.75, 3.05) is 32.8 Å². The van der Waals surface area contributed by atoms with E-state index in [1.165, 1.54) is 19.3 Å². The molecule has 1 N–H and O–H groups in total. The topological polar surface area (TPSA) is 116 Å². The lowest BCUT2D eigenvalue weighted by molar-refractivity contribution is -0.112. The Kier molecular flexibility index (Phi) is 8.37. The van der Waals surface area contributed by atoms with Crippen molar-refractivity contribution < 1.29 is 28.3 Å². The molecule has 176 valence electrons. The zero-order valence-electron chi connectivity index (χ0n) is 18.8. The number of halogens is 1. The van der Waals surface area contributed by atoms with Crippen LogP contribution in [0, 0.1) is 18.3 Å². The summed E-state index contributed by atoms with van der Waals surface area (Å²) in [7, 11) is 3.06. The maximum atomic E-state index is 12.4. The number of hydrogen-bond donors (Lipinski definition) is 1. The van der Waals surface area contributed by atoms with Gasteiger partial charge < -0.3 is 28.8 Å². The molecule has 3 rings (SSSR count). The molecule has 0 aliphatic heterocycles. The van der Waals surface area contributed by atoms with Gasteiger partial charge in [0.2, 0.25) is 0 Å². The van der Waals surface area contributed by atoms with E-state index in [-0.39, 0.29) is 29.6 Å². The van der Waals surface area contributed by atoms with Crippen LogP contribution in [0.5, 0.6) is 23.0 Å². The molecule has 9 nitrogen and oxygen atoms in total. The quantitative estimate of drug-likeness (QED) is 0.251. The number of hydrogen-bond acceptors (Lipinski definition) is 8. The van der Waals surface area contributed by atoms with Crippen molar-refractivity contribution in [2.24, 2.45) is 0 Å². The number of anilines is 1. The Bertz CT molecular complexity index is 1210. The normalized spacial score (nSPS) is 10.9. The van der Waals surface area contributed by atoms with Gasteiger partial charge in [0.1, 0.15) is 42.1 Å². The molecule has 0 unspecified atom stereocenters. The molecule has 34 heavy (non-hydrogen) atoms. The van der Waals surface area contributed by atoms with Crippen LogP contribution in [0.15, 0.2) is 52.6 Å². The molecule has 1 aromatic heterocycles. The average molecular weight is 484 g/mol. The highest BCUT2D eigenvalue weighted by atomic mass is 35.5.